The van der Waals surface area contributed by atoms with Crippen molar-refractivity contribution in [1.29, 1.82) is 0 Å². The molecule has 0 bridgehead atoms. The van der Waals surface area contributed by atoms with Crippen molar-refractivity contribution in [2.75, 3.05) is 38.6 Å². The number of amides is 1. The smallest absolute Gasteiger partial charge is 0.410 e. The number of piperidine rings is 1. The van der Waals surface area contributed by atoms with Crippen molar-refractivity contribution >= 4 is 67.3 Å². The first-order valence-electron chi connectivity index (χ1n) is 14.9. The zero-order valence-corrected chi connectivity index (χ0v) is 28.9. The number of halogens is 3. The molecule has 0 radical (unpaired) electrons. The summed E-state index contributed by atoms with van der Waals surface area (Å²) >= 11 is 9.74. The number of benzene rings is 1. The molecule has 2 fully saturated rings. The lowest BCUT2D eigenvalue weighted by Gasteiger charge is -2.43. The summed E-state index contributed by atoms with van der Waals surface area (Å²) in [7, 11) is 4.08. The first-order chi connectivity index (χ1) is 20.4. The van der Waals surface area contributed by atoms with Gasteiger partial charge >= 0.3 is 12.1 Å². The molecule has 2 atom stereocenters. The number of imidazole rings is 1. The Kier molecular flexibility index (Phi) is 8.85. The van der Waals surface area contributed by atoms with E-state index in [4.69, 9.17) is 31.0 Å². The van der Waals surface area contributed by atoms with Crippen molar-refractivity contribution in [3.63, 3.8) is 0 Å². The third-order valence-corrected chi connectivity index (χ3v) is 9.34. The van der Waals surface area contributed by atoms with Crippen LogP contribution in [0.5, 0.6) is 0 Å². The van der Waals surface area contributed by atoms with Crippen molar-refractivity contribution in [3.8, 4) is 0 Å². The Morgan fingerprint density at radius 2 is 1.77 bits per heavy atom. The molecule has 240 valence electrons. The summed E-state index contributed by atoms with van der Waals surface area (Å²) in [6.45, 7) is 12.7. The van der Waals surface area contributed by atoms with Crippen molar-refractivity contribution in [2.45, 2.75) is 90.1 Å². The molecule has 13 heteroatoms. The lowest BCUT2D eigenvalue weighted by Crippen LogP contribution is -2.57. The van der Waals surface area contributed by atoms with Crippen molar-refractivity contribution < 1.29 is 23.5 Å². The lowest BCUT2D eigenvalue weighted by molar-refractivity contribution is -0.156. The molecule has 0 saturated carbocycles. The Labute approximate surface area is 270 Å². The number of fused-ring (bicyclic) bond motifs is 3. The van der Waals surface area contributed by atoms with Crippen molar-refractivity contribution in [2.24, 2.45) is 0 Å². The van der Waals surface area contributed by atoms with E-state index in [0.717, 1.165) is 18.6 Å². The number of likely N-dealkylation sites (N-methyl/N-ethyl adjacent to an activating group) is 1. The van der Waals surface area contributed by atoms with Gasteiger partial charge < -0.3 is 28.7 Å². The van der Waals surface area contributed by atoms with Crippen LogP contribution in [0.25, 0.3) is 21.9 Å². The first-order valence-corrected chi connectivity index (χ1v) is 16.1. The fourth-order valence-electron chi connectivity index (χ4n) is 5.89. The number of likely N-dealkylation sites (tertiary alicyclic amines) is 1. The van der Waals surface area contributed by atoms with Gasteiger partial charge in [-0.3, -0.25) is 4.79 Å². The molecule has 44 heavy (non-hydrogen) atoms. The summed E-state index contributed by atoms with van der Waals surface area (Å²) in [5, 5.41) is 0.785. The second-order valence-corrected chi connectivity index (χ2v) is 15.2. The molecule has 2 aromatic heterocycles. The molecule has 2 saturated heterocycles. The van der Waals surface area contributed by atoms with Gasteiger partial charge in [-0.25, -0.2) is 19.2 Å². The number of nitrogens with zero attached hydrogens (tertiary/aromatic N) is 6. The number of pyridine rings is 1. The van der Waals surface area contributed by atoms with E-state index in [-0.39, 0.29) is 27.5 Å². The molecule has 4 heterocycles. The standard InChI is InChI=1S/C31H41BrClFN6O4/c1-30(2,3)43-22(41)12-18-11-17(9-10-39(18)29(42)44-31(4,5)6)40-16-35-26-27(40)20-13-21(33)23(32)24(34)25(20)36-28(26)38-14-19(15-38)37(7)8/h13,16-19H,9-12,14-15H2,1-8H3/t17-,18-/m0/s1. The number of anilines is 1. The maximum Gasteiger partial charge on any atom is 0.410 e. The fourth-order valence-corrected chi connectivity index (χ4v) is 6.38. The molecule has 5 rings (SSSR count). The summed E-state index contributed by atoms with van der Waals surface area (Å²) in [6.07, 6.45) is 2.32. The van der Waals surface area contributed by atoms with E-state index in [9.17, 15) is 9.59 Å². The van der Waals surface area contributed by atoms with Gasteiger partial charge in [0, 0.05) is 43.1 Å². The summed E-state index contributed by atoms with van der Waals surface area (Å²) in [6, 6.07) is 1.45. The molecule has 0 aliphatic carbocycles. The average molecular weight is 696 g/mol. The molecule has 0 unspecified atom stereocenters. The van der Waals surface area contributed by atoms with Crippen LogP contribution in [0.4, 0.5) is 15.0 Å². The van der Waals surface area contributed by atoms with Gasteiger partial charge in [0.1, 0.15) is 22.2 Å². The minimum atomic E-state index is -0.687. The molecule has 1 amide bonds. The Morgan fingerprint density at radius 3 is 2.39 bits per heavy atom. The fraction of sp³-hybridized carbons (Fsp3) is 0.613. The van der Waals surface area contributed by atoms with Gasteiger partial charge in [0.15, 0.2) is 11.6 Å². The van der Waals surface area contributed by atoms with Crippen molar-refractivity contribution in [3.05, 3.63) is 27.7 Å². The molecule has 1 aromatic carbocycles. The van der Waals surface area contributed by atoms with Crippen molar-refractivity contribution in [1.82, 2.24) is 24.3 Å². The minimum Gasteiger partial charge on any atom is -0.460 e. The highest BCUT2D eigenvalue weighted by molar-refractivity contribution is 9.10. The third-order valence-electron chi connectivity index (χ3n) is 8.04. The summed E-state index contributed by atoms with van der Waals surface area (Å²) in [4.78, 5) is 41.8. The average Bonchev–Trinajstić information content (AvgIpc) is 3.30. The number of hydrogen-bond acceptors (Lipinski definition) is 8. The highest BCUT2D eigenvalue weighted by atomic mass is 79.9. The van der Waals surface area contributed by atoms with Crippen LogP contribution in [0.1, 0.15) is 66.8 Å². The molecule has 0 spiro atoms. The van der Waals surface area contributed by atoms with Gasteiger partial charge in [-0.1, -0.05) is 11.6 Å². The van der Waals surface area contributed by atoms with Gasteiger partial charge in [0.05, 0.1) is 27.8 Å². The molecular weight excluding hydrogens is 655 g/mol. The van der Waals surface area contributed by atoms with Gasteiger partial charge in [-0.05, 0) is 90.5 Å². The van der Waals surface area contributed by atoms with E-state index < -0.39 is 35.1 Å². The Balaban J connectivity index is 1.56. The minimum absolute atomic E-state index is 0.0142. The van der Waals surface area contributed by atoms with Gasteiger partial charge in [-0.15, -0.1) is 0 Å². The Bertz CT molecular complexity index is 1590. The second kappa shape index (κ2) is 11.9. The van der Waals surface area contributed by atoms with E-state index >= 15 is 4.39 Å². The van der Waals surface area contributed by atoms with Gasteiger partial charge in [0.25, 0.3) is 0 Å². The Morgan fingerprint density at radius 1 is 1.11 bits per heavy atom. The summed E-state index contributed by atoms with van der Waals surface area (Å²) in [5.41, 5.74) is 0.234. The normalized spacial score (nSPS) is 20.0. The van der Waals surface area contributed by atoms with E-state index in [0.29, 0.717) is 42.1 Å². The van der Waals surface area contributed by atoms with E-state index in [1.54, 1.807) is 17.3 Å². The predicted octanol–water partition coefficient (Wildman–Crippen LogP) is 6.56. The van der Waals surface area contributed by atoms with Gasteiger partial charge in [-0.2, -0.15) is 0 Å². The maximum absolute atomic E-state index is 15.7. The number of carbonyl (C=O) groups excluding carboxylic acids is 2. The molecule has 2 aliphatic heterocycles. The number of carbonyl (C=O) groups is 2. The Hall–Kier alpha value is -2.70. The van der Waals surface area contributed by atoms with E-state index in [1.165, 1.54) is 0 Å². The largest absolute Gasteiger partial charge is 0.460 e. The molecule has 10 nitrogen and oxygen atoms in total. The highest BCUT2D eigenvalue weighted by Gasteiger charge is 2.38. The second-order valence-electron chi connectivity index (χ2n) is 14.0. The first kappa shape index (κ1) is 32.7. The van der Waals surface area contributed by atoms with Gasteiger partial charge in [0.2, 0.25) is 0 Å². The highest BCUT2D eigenvalue weighted by Crippen LogP contribution is 2.41. The topological polar surface area (TPSA) is 93.0 Å². The third kappa shape index (κ3) is 6.62. The van der Waals surface area contributed by atoms with Crippen LogP contribution >= 0.6 is 27.5 Å². The molecule has 3 aromatic rings. The number of aromatic nitrogens is 3. The van der Waals surface area contributed by atoms with Crippen LogP contribution in [0.15, 0.2) is 16.9 Å². The maximum atomic E-state index is 15.7. The van der Waals surface area contributed by atoms with Crippen LogP contribution in [-0.2, 0) is 14.3 Å². The summed E-state index contributed by atoms with van der Waals surface area (Å²) in [5.74, 6) is -0.305. The van der Waals surface area contributed by atoms with E-state index in [2.05, 4.69) is 25.7 Å². The number of ether oxygens (including phenoxy) is 2. The molecule has 0 N–H and O–H groups in total. The molecule has 2 aliphatic rings. The SMILES string of the molecule is CN(C)C1CN(c2nc3c(F)c(Br)c(Cl)cc3c3c2ncn3[C@H]2CCN(C(=O)OC(C)(C)C)[C@H](CC(=O)OC(C)(C)C)C2)C1. The monoisotopic (exact) mass is 694 g/mol. The number of rotatable bonds is 5. The quantitative estimate of drug-likeness (QED) is 0.219. The van der Waals surface area contributed by atoms with Crippen LogP contribution in [-0.4, -0.2) is 93.4 Å². The lowest BCUT2D eigenvalue weighted by atomic mass is 9.94. The van der Waals surface area contributed by atoms with Crippen LogP contribution in [0, 0.1) is 5.82 Å². The van der Waals surface area contributed by atoms with Crippen LogP contribution in [0.2, 0.25) is 5.02 Å². The van der Waals surface area contributed by atoms with E-state index in [1.807, 2.05) is 60.2 Å². The number of hydrogen-bond donors (Lipinski definition) is 0. The zero-order chi connectivity index (χ0) is 32.3. The van der Waals surface area contributed by atoms with Crippen LogP contribution < -0.4 is 4.90 Å². The number of esters is 1. The predicted molar refractivity (Wildman–Crippen MR) is 173 cm³/mol. The zero-order valence-electron chi connectivity index (χ0n) is 26.6. The van der Waals surface area contributed by atoms with Crippen LogP contribution in [0.3, 0.4) is 0 Å². The summed E-state index contributed by atoms with van der Waals surface area (Å²) < 4.78 is 29.2. The molecular formula is C31H41BrClFN6O4.